The molecule has 0 saturated carbocycles. The van der Waals surface area contributed by atoms with Crippen LogP contribution >= 0.6 is 0 Å². The molecule has 1 aromatic carbocycles. The summed E-state index contributed by atoms with van der Waals surface area (Å²) in [6.45, 7) is 5.92. The van der Waals surface area contributed by atoms with Crippen molar-refractivity contribution in [1.29, 1.82) is 0 Å². The van der Waals surface area contributed by atoms with Crippen molar-refractivity contribution >= 4 is 10.9 Å². The van der Waals surface area contributed by atoms with Crippen molar-refractivity contribution in [2.75, 3.05) is 6.54 Å². The standard InChI is InChI=1S/C13H18N2/c1-3-11-4-5-13-12(9-11)8-10(2)15(13)7-6-14/h4-5,8-9H,3,6-7,14H2,1-2H3. The van der Waals surface area contributed by atoms with E-state index in [1.807, 2.05) is 0 Å². The lowest BCUT2D eigenvalue weighted by molar-refractivity contribution is 0.715. The van der Waals surface area contributed by atoms with Gasteiger partial charge in [0.2, 0.25) is 0 Å². The first-order valence-corrected chi connectivity index (χ1v) is 5.55. The molecule has 0 unspecified atom stereocenters. The first-order valence-electron chi connectivity index (χ1n) is 5.55. The molecule has 1 aromatic heterocycles. The Labute approximate surface area is 90.7 Å². The highest BCUT2D eigenvalue weighted by Crippen LogP contribution is 2.21. The molecule has 0 saturated heterocycles. The fourth-order valence-corrected chi connectivity index (χ4v) is 2.10. The van der Waals surface area contributed by atoms with Crippen LogP contribution < -0.4 is 5.73 Å². The highest BCUT2D eigenvalue weighted by molar-refractivity contribution is 5.82. The highest BCUT2D eigenvalue weighted by Gasteiger charge is 2.04. The van der Waals surface area contributed by atoms with Gasteiger partial charge in [-0.25, -0.2) is 0 Å². The number of rotatable bonds is 3. The molecule has 15 heavy (non-hydrogen) atoms. The van der Waals surface area contributed by atoms with Crippen molar-refractivity contribution in [3.63, 3.8) is 0 Å². The number of nitrogens with two attached hydrogens (primary N) is 1. The van der Waals surface area contributed by atoms with Gasteiger partial charge in [0.15, 0.2) is 0 Å². The topological polar surface area (TPSA) is 30.9 Å². The number of aryl methyl sites for hydroxylation is 2. The summed E-state index contributed by atoms with van der Waals surface area (Å²) in [6.07, 6.45) is 1.09. The molecule has 1 heterocycles. The predicted molar refractivity (Wildman–Crippen MR) is 65.1 cm³/mol. The van der Waals surface area contributed by atoms with Crippen LogP contribution in [-0.4, -0.2) is 11.1 Å². The molecular formula is C13H18N2. The number of benzene rings is 1. The smallest absolute Gasteiger partial charge is 0.0483 e. The van der Waals surface area contributed by atoms with Crippen molar-refractivity contribution in [1.82, 2.24) is 4.57 Å². The molecule has 0 aliphatic carbocycles. The summed E-state index contributed by atoms with van der Waals surface area (Å²) < 4.78 is 2.29. The van der Waals surface area contributed by atoms with E-state index in [1.165, 1.54) is 22.2 Å². The summed E-state index contributed by atoms with van der Waals surface area (Å²) in [6, 6.07) is 8.92. The van der Waals surface area contributed by atoms with E-state index in [9.17, 15) is 0 Å². The average Bonchev–Trinajstić information content (AvgIpc) is 2.55. The third kappa shape index (κ3) is 1.77. The van der Waals surface area contributed by atoms with Gasteiger partial charge in [0.25, 0.3) is 0 Å². The maximum absolute atomic E-state index is 5.61. The van der Waals surface area contributed by atoms with E-state index >= 15 is 0 Å². The molecule has 2 nitrogen and oxygen atoms in total. The lowest BCUT2D eigenvalue weighted by Gasteiger charge is -2.06. The lowest BCUT2D eigenvalue weighted by atomic mass is 10.1. The summed E-state index contributed by atoms with van der Waals surface area (Å²) in [7, 11) is 0. The third-order valence-corrected chi connectivity index (χ3v) is 2.93. The molecular weight excluding hydrogens is 184 g/mol. The minimum Gasteiger partial charge on any atom is -0.344 e. The zero-order chi connectivity index (χ0) is 10.8. The Balaban J connectivity index is 2.58. The SMILES string of the molecule is CCc1ccc2c(c1)cc(C)n2CCN. The van der Waals surface area contributed by atoms with E-state index in [2.05, 4.69) is 42.7 Å². The number of fused-ring (bicyclic) bond motifs is 1. The third-order valence-electron chi connectivity index (χ3n) is 2.93. The van der Waals surface area contributed by atoms with Gasteiger partial charge in [-0.15, -0.1) is 0 Å². The van der Waals surface area contributed by atoms with E-state index < -0.39 is 0 Å². The molecule has 0 atom stereocenters. The van der Waals surface area contributed by atoms with Crippen LogP contribution in [0.5, 0.6) is 0 Å². The molecule has 2 N–H and O–H groups in total. The Morgan fingerprint density at radius 3 is 2.73 bits per heavy atom. The van der Waals surface area contributed by atoms with E-state index in [1.54, 1.807) is 0 Å². The van der Waals surface area contributed by atoms with Crippen molar-refractivity contribution in [3.05, 3.63) is 35.5 Å². The summed E-state index contributed by atoms with van der Waals surface area (Å²) in [5, 5.41) is 1.33. The summed E-state index contributed by atoms with van der Waals surface area (Å²) >= 11 is 0. The second-order valence-electron chi connectivity index (χ2n) is 3.97. The fraction of sp³-hybridized carbons (Fsp3) is 0.385. The molecule has 0 aliphatic rings. The molecule has 0 bridgehead atoms. The number of aromatic nitrogens is 1. The number of hydrogen-bond donors (Lipinski definition) is 1. The van der Waals surface area contributed by atoms with Crippen molar-refractivity contribution in [2.45, 2.75) is 26.8 Å². The molecule has 80 valence electrons. The molecule has 0 amide bonds. The second-order valence-corrected chi connectivity index (χ2v) is 3.97. The summed E-state index contributed by atoms with van der Waals surface area (Å²) in [5.41, 5.74) is 9.61. The van der Waals surface area contributed by atoms with Gasteiger partial charge < -0.3 is 10.3 Å². The Bertz CT molecular complexity index is 469. The first kappa shape index (κ1) is 10.2. The van der Waals surface area contributed by atoms with Crippen molar-refractivity contribution in [3.8, 4) is 0 Å². The van der Waals surface area contributed by atoms with Crippen LogP contribution in [0.2, 0.25) is 0 Å². The molecule has 0 radical (unpaired) electrons. The largest absolute Gasteiger partial charge is 0.344 e. The normalized spacial score (nSPS) is 11.1. The fourth-order valence-electron chi connectivity index (χ4n) is 2.10. The van der Waals surface area contributed by atoms with Gasteiger partial charge in [-0.1, -0.05) is 13.0 Å². The quantitative estimate of drug-likeness (QED) is 0.814. The lowest BCUT2D eigenvalue weighted by Crippen LogP contribution is -2.10. The minimum atomic E-state index is 0.695. The van der Waals surface area contributed by atoms with Gasteiger partial charge in [-0.2, -0.15) is 0 Å². The average molecular weight is 202 g/mol. The summed E-state index contributed by atoms with van der Waals surface area (Å²) in [5.74, 6) is 0. The van der Waals surface area contributed by atoms with Crippen LogP contribution in [0.1, 0.15) is 18.2 Å². The van der Waals surface area contributed by atoms with Crippen LogP contribution in [-0.2, 0) is 13.0 Å². The molecule has 0 spiro atoms. The Morgan fingerprint density at radius 1 is 1.27 bits per heavy atom. The second kappa shape index (κ2) is 4.07. The van der Waals surface area contributed by atoms with Gasteiger partial charge >= 0.3 is 0 Å². The van der Waals surface area contributed by atoms with E-state index in [-0.39, 0.29) is 0 Å². The molecule has 2 rings (SSSR count). The van der Waals surface area contributed by atoms with E-state index in [0.29, 0.717) is 6.54 Å². The molecule has 0 aliphatic heterocycles. The van der Waals surface area contributed by atoms with Gasteiger partial charge in [0, 0.05) is 29.7 Å². The van der Waals surface area contributed by atoms with Crippen LogP contribution in [0, 0.1) is 6.92 Å². The highest BCUT2D eigenvalue weighted by atomic mass is 15.0. The van der Waals surface area contributed by atoms with Crippen molar-refractivity contribution in [2.24, 2.45) is 5.73 Å². The van der Waals surface area contributed by atoms with E-state index in [4.69, 9.17) is 5.73 Å². The summed E-state index contributed by atoms with van der Waals surface area (Å²) in [4.78, 5) is 0. The van der Waals surface area contributed by atoms with Crippen LogP contribution in [0.4, 0.5) is 0 Å². The molecule has 0 fully saturated rings. The van der Waals surface area contributed by atoms with Gasteiger partial charge in [-0.3, -0.25) is 0 Å². The van der Waals surface area contributed by atoms with E-state index in [0.717, 1.165) is 13.0 Å². The van der Waals surface area contributed by atoms with Crippen LogP contribution in [0.3, 0.4) is 0 Å². The van der Waals surface area contributed by atoms with Crippen molar-refractivity contribution < 1.29 is 0 Å². The Kier molecular flexibility index (Phi) is 2.78. The zero-order valence-electron chi connectivity index (χ0n) is 9.46. The first-order chi connectivity index (χ1) is 7.26. The molecule has 2 aromatic rings. The Hall–Kier alpha value is -1.28. The van der Waals surface area contributed by atoms with Crippen LogP contribution in [0.25, 0.3) is 10.9 Å². The van der Waals surface area contributed by atoms with Gasteiger partial charge in [0.05, 0.1) is 0 Å². The predicted octanol–water partition coefficient (Wildman–Crippen LogP) is 2.47. The minimum absolute atomic E-state index is 0.695. The zero-order valence-corrected chi connectivity index (χ0v) is 9.46. The number of nitrogens with zero attached hydrogens (tertiary/aromatic N) is 1. The maximum atomic E-state index is 5.61. The van der Waals surface area contributed by atoms with Gasteiger partial charge in [-0.05, 0) is 37.1 Å². The molecule has 2 heteroatoms. The number of hydrogen-bond acceptors (Lipinski definition) is 1. The monoisotopic (exact) mass is 202 g/mol. The van der Waals surface area contributed by atoms with Crippen LogP contribution in [0.15, 0.2) is 24.3 Å². The Morgan fingerprint density at radius 2 is 2.07 bits per heavy atom. The maximum Gasteiger partial charge on any atom is 0.0483 e. The van der Waals surface area contributed by atoms with Gasteiger partial charge in [0.1, 0.15) is 0 Å².